The maximum Gasteiger partial charge on any atom is 0.480 e. The van der Waals surface area contributed by atoms with E-state index in [9.17, 15) is 34.0 Å². The number of rotatable bonds is 3. The number of nitrogens with one attached hydrogen (secondary N) is 1. The largest absolute Gasteiger partial charge is 0.480 e. The molecule has 3 N–H and O–H groups in total. The fraction of sp³-hybridized carbons (Fsp3) is 0.500. The number of carboxylic acids is 1. The lowest BCUT2D eigenvalue weighted by Crippen LogP contribution is -2.71. The van der Waals surface area contributed by atoms with Crippen molar-refractivity contribution >= 4 is 17.9 Å². The SMILES string of the molecule is O=C(O)CN1C(=O)NC(=O)C(F)([N+](=O)[O-])C1O. The average Bonchev–Trinajstić information content (AvgIpc) is 2.20. The first-order valence-electron chi connectivity index (χ1n) is 4.06. The molecular formula is C6H6FN3O7. The van der Waals surface area contributed by atoms with E-state index in [-0.39, 0.29) is 4.90 Å². The Morgan fingerprint density at radius 1 is 1.65 bits per heavy atom. The van der Waals surface area contributed by atoms with Gasteiger partial charge in [0.2, 0.25) is 6.23 Å². The first-order chi connectivity index (χ1) is 7.71. The third-order valence-electron chi connectivity index (χ3n) is 2.01. The van der Waals surface area contributed by atoms with Gasteiger partial charge in [-0.3, -0.25) is 29.9 Å². The molecule has 1 rings (SSSR count). The smallest absolute Gasteiger partial charge is 0.480 e. The highest BCUT2D eigenvalue weighted by atomic mass is 19.1. The number of aliphatic hydroxyl groups is 1. The number of nitrogens with zero attached hydrogens (tertiary/aromatic N) is 2. The number of alkyl halides is 1. The number of carbonyl (C=O) groups excluding carboxylic acids is 2. The predicted octanol–water partition coefficient (Wildman–Crippen LogP) is -2.12. The van der Waals surface area contributed by atoms with Crippen LogP contribution in [0, 0.1) is 10.1 Å². The third kappa shape index (κ3) is 1.87. The summed E-state index contributed by atoms with van der Waals surface area (Å²) in [5.74, 6) is -7.59. The van der Waals surface area contributed by atoms with Crippen molar-refractivity contribution in [2.75, 3.05) is 6.54 Å². The lowest BCUT2D eigenvalue weighted by Gasteiger charge is -2.34. The Morgan fingerprint density at radius 2 is 2.18 bits per heavy atom. The van der Waals surface area contributed by atoms with E-state index >= 15 is 0 Å². The quantitative estimate of drug-likeness (QED) is 0.295. The van der Waals surface area contributed by atoms with Crippen LogP contribution in [0.4, 0.5) is 9.18 Å². The van der Waals surface area contributed by atoms with Crippen molar-refractivity contribution in [2.24, 2.45) is 0 Å². The predicted molar refractivity (Wildman–Crippen MR) is 44.7 cm³/mol. The zero-order valence-electron chi connectivity index (χ0n) is 7.99. The molecule has 1 aliphatic heterocycles. The van der Waals surface area contributed by atoms with Crippen LogP contribution in [-0.2, 0) is 9.59 Å². The van der Waals surface area contributed by atoms with Gasteiger partial charge in [0.15, 0.2) is 0 Å². The van der Waals surface area contributed by atoms with Gasteiger partial charge < -0.3 is 10.2 Å². The molecule has 0 aliphatic carbocycles. The molecule has 0 aromatic rings. The lowest BCUT2D eigenvalue weighted by atomic mass is 10.1. The number of halogens is 1. The van der Waals surface area contributed by atoms with Crippen LogP contribution in [0.1, 0.15) is 0 Å². The van der Waals surface area contributed by atoms with E-state index in [2.05, 4.69) is 0 Å². The molecule has 0 radical (unpaired) electrons. The number of imide groups is 1. The van der Waals surface area contributed by atoms with Crippen molar-refractivity contribution in [1.82, 2.24) is 10.2 Å². The normalized spacial score (nSPS) is 28.8. The molecule has 1 heterocycles. The highest BCUT2D eigenvalue weighted by molar-refractivity contribution is 6.01. The number of hydrogen-bond donors (Lipinski definition) is 3. The number of carbonyl (C=O) groups is 3. The Kier molecular flexibility index (Phi) is 2.95. The van der Waals surface area contributed by atoms with Gasteiger partial charge in [0.05, 0.1) is 4.92 Å². The van der Waals surface area contributed by atoms with E-state index in [0.717, 1.165) is 0 Å². The zero-order chi connectivity index (χ0) is 13.4. The summed E-state index contributed by atoms with van der Waals surface area (Å²) in [4.78, 5) is 40.8. The monoisotopic (exact) mass is 251 g/mol. The molecular weight excluding hydrogens is 245 g/mol. The molecule has 2 atom stereocenters. The van der Waals surface area contributed by atoms with E-state index in [1.165, 1.54) is 5.32 Å². The lowest BCUT2D eigenvalue weighted by molar-refractivity contribution is -0.605. The third-order valence-corrected chi connectivity index (χ3v) is 2.01. The Bertz CT molecular complexity index is 412. The minimum atomic E-state index is -4.00. The Labute approximate surface area is 91.8 Å². The number of amides is 3. The van der Waals surface area contributed by atoms with Gasteiger partial charge in [-0.25, -0.2) is 4.79 Å². The standard InChI is InChI=1S/C6H6FN3O7/c7-6(10(16)17)3(13)8-5(15)9(4(6)14)1-2(11)12/h4,14H,1H2,(H,11,12)(H,8,13,15). The number of aliphatic hydroxyl groups excluding tert-OH is 1. The first kappa shape index (κ1) is 12.8. The topological polar surface area (TPSA) is 150 Å². The van der Waals surface area contributed by atoms with Crippen LogP contribution in [0.15, 0.2) is 0 Å². The second kappa shape index (κ2) is 3.93. The average molecular weight is 251 g/mol. The van der Waals surface area contributed by atoms with Crippen LogP contribution in [0.5, 0.6) is 0 Å². The van der Waals surface area contributed by atoms with Crippen LogP contribution in [-0.4, -0.2) is 56.5 Å². The number of carboxylic acid groups (broad SMARTS) is 1. The summed E-state index contributed by atoms with van der Waals surface area (Å²) in [7, 11) is 0. The second-order valence-electron chi connectivity index (χ2n) is 3.09. The molecule has 10 nitrogen and oxygen atoms in total. The second-order valence-corrected chi connectivity index (χ2v) is 3.09. The van der Waals surface area contributed by atoms with Gasteiger partial charge in [0.1, 0.15) is 6.54 Å². The summed E-state index contributed by atoms with van der Waals surface area (Å²) < 4.78 is 13.6. The molecule has 94 valence electrons. The van der Waals surface area contributed by atoms with E-state index in [1.807, 2.05) is 0 Å². The maximum atomic E-state index is 13.6. The van der Waals surface area contributed by atoms with Crippen LogP contribution in [0.25, 0.3) is 0 Å². The molecule has 0 saturated carbocycles. The molecule has 3 amide bonds. The first-order valence-corrected chi connectivity index (χ1v) is 4.06. The van der Waals surface area contributed by atoms with Crippen molar-refractivity contribution in [3.63, 3.8) is 0 Å². The number of nitro groups is 1. The molecule has 0 spiro atoms. The molecule has 0 aromatic heterocycles. The van der Waals surface area contributed by atoms with E-state index in [0.29, 0.717) is 0 Å². The fourth-order valence-corrected chi connectivity index (χ4v) is 1.17. The van der Waals surface area contributed by atoms with Crippen LogP contribution in [0.2, 0.25) is 0 Å². The summed E-state index contributed by atoms with van der Waals surface area (Å²) in [6.07, 6.45) is -2.81. The van der Waals surface area contributed by atoms with Gasteiger partial charge in [-0.1, -0.05) is 0 Å². The molecule has 11 heteroatoms. The number of hydrogen-bond acceptors (Lipinski definition) is 6. The van der Waals surface area contributed by atoms with Crippen molar-refractivity contribution < 1.29 is 33.9 Å². The summed E-state index contributed by atoms with van der Waals surface area (Å²) >= 11 is 0. The van der Waals surface area contributed by atoms with Crippen LogP contribution in [0.3, 0.4) is 0 Å². The molecule has 1 saturated heterocycles. The molecule has 1 aliphatic rings. The Balaban J connectivity index is 3.11. The number of aliphatic carboxylic acids is 1. The van der Waals surface area contributed by atoms with Crippen molar-refractivity contribution in [2.45, 2.75) is 12.0 Å². The number of urea groups is 1. The van der Waals surface area contributed by atoms with Gasteiger partial charge in [-0.15, -0.1) is 0 Å². The van der Waals surface area contributed by atoms with E-state index in [1.54, 1.807) is 0 Å². The van der Waals surface area contributed by atoms with Crippen LogP contribution >= 0.6 is 0 Å². The highest BCUT2D eigenvalue weighted by Crippen LogP contribution is 2.24. The zero-order valence-corrected chi connectivity index (χ0v) is 7.99. The van der Waals surface area contributed by atoms with Gasteiger partial charge >= 0.3 is 23.7 Å². The minimum absolute atomic E-state index is 0.0769. The van der Waals surface area contributed by atoms with Gasteiger partial charge in [-0.05, 0) is 0 Å². The van der Waals surface area contributed by atoms with Crippen molar-refractivity contribution in [3.05, 3.63) is 10.1 Å². The van der Waals surface area contributed by atoms with Crippen LogP contribution < -0.4 is 5.32 Å². The van der Waals surface area contributed by atoms with E-state index in [4.69, 9.17) is 5.11 Å². The molecule has 2 unspecified atom stereocenters. The molecule has 1 fully saturated rings. The van der Waals surface area contributed by atoms with Gasteiger partial charge in [0, 0.05) is 0 Å². The van der Waals surface area contributed by atoms with Gasteiger partial charge in [-0.2, -0.15) is 4.39 Å². The highest BCUT2D eigenvalue weighted by Gasteiger charge is 2.65. The molecule has 0 bridgehead atoms. The Hall–Kier alpha value is -2.30. The Morgan fingerprint density at radius 3 is 2.59 bits per heavy atom. The summed E-state index contributed by atoms with van der Waals surface area (Å²) in [5, 5.41) is 29.2. The minimum Gasteiger partial charge on any atom is -0.480 e. The van der Waals surface area contributed by atoms with E-state index < -0.39 is 41.4 Å². The molecule has 17 heavy (non-hydrogen) atoms. The summed E-state index contributed by atoms with van der Waals surface area (Å²) in [6.45, 7) is -1.19. The molecule has 0 aromatic carbocycles. The van der Waals surface area contributed by atoms with Gasteiger partial charge in [0.25, 0.3) is 0 Å². The fourth-order valence-electron chi connectivity index (χ4n) is 1.17. The maximum absolute atomic E-state index is 13.6. The summed E-state index contributed by atoms with van der Waals surface area (Å²) in [6, 6.07) is -1.43. The van der Waals surface area contributed by atoms with Crippen molar-refractivity contribution in [3.8, 4) is 0 Å². The van der Waals surface area contributed by atoms with Crippen molar-refractivity contribution in [1.29, 1.82) is 0 Å². The summed E-state index contributed by atoms with van der Waals surface area (Å²) in [5.41, 5.74) is 0.